The molecule has 0 aromatic heterocycles. The predicted octanol–water partition coefficient (Wildman–Crippen LogP) is 3.51. The van der Waals surface area contributed by atoms with E-state index in [0.717, 1.165) is 5.56 Å². The number of aliphatic hydroxyl groups excluding tert-OH is 1. The van der Waals surface area contributed by atoms with E-state index in [4.69, 9.17) is 4.74 Å². The monoisotopic (exact) mass is 364 g/mol. The molecule has 0 unspecified atom stereocenters. The van der Waals surface area contributed by atoms with Crippen LogP contribution in [0.1, 0.15) is 54.0 Å². The number of nitrogens with one attached hydrogen (secondary N) is 2. The van der Waals surface area contributed by atoms with Crippen LogP contribution in [0.15, 0.2) is 30.3 Å². The first-order valence-corrected chi connectivity index (χ1v) is 9.33. The Hall–Kier alpha value is -1.59. The number of carbonyl (C=O) groups excluding carboxylic acids is 1. The number of benzene rings is 1. The molecule has 26 heavy (non-hydrogen) atoms. The highest BCUT2D eigenvalue weighted by atomic mass is 16.6. The maximum Gasteiger partial charge on any atom is 0.407 e. The number of ether oxygens (including phenoxy) is 1. The molecule has 0 fully saturated rings. The lowest BCUT2D eigenvalue weighted by atomic mass is 9.88. The predicted molar refractivity (Wildman–Crippen MR) is 106 cm³/mol. The summed E-state index contributed by atoms with van der Waals surface area (Å²) in [4.78, 5) is 12.2. The van der Waals surface area contributed by atoms with Crippen molar-refractivity contribution in [2.24, 2.45) is 5.41 Å². The van der Waals surface area contributed by atoms with E-state index in [-0.39, 0.29) is 11.5 Å². The lowest BCUT2D eigenvalue weighted by Crippen LogP contribution is -2.52. The fourth-order valence-corrected chi connectivity index (χ4v) is 2.36. The van der Waals surface area contributed by atoms with Crippen molar-refractivity contribution < 1.29 is 14.6 Å². The van der Waals surface area contributed by atoms with Gasteiger partial charge in [-0.2, -0.15) is 0 Å². The third kappa shape index (κ3) is 8.68. The smallest absolute Gasteiger partial charge is 0.407 e. The number of hydrogen-bond donors (Lipinski definition) is 3. The van der Waals surface area contributed by atoms with E-state index in [1.165, 1.54) is 0 Å². The molecule has 0 bridgehead atoms. The largest absolute Gasteiger partial charge is 0.444 e. The van der Waals surface area contributed by atoms with Crippen LogP contribution in [0.3, 0.4) is 0 Å². The highest BCUT2D eigenvalue weighted by Gasteiger charge is 2.27. The summed E-state index contributed by atoms with van der Waals surface area (Å²) in [6.07, 6.45) is -0.707. The van der Waals surface area contributed by atoms with Crippen LogP contribution in [0.5, 0.6) is 0 Å². The van der Waals surface area contributed by atoms with Crippen molar-refractivity contribution in [2.75, 3.05) is 6.54 Å². The summed E-state index contributed by atoms with van der Waals surface area (Å²) < 4.78 is 5.35. The van der Waals surface area contributed by atoms with E-state index < -0.39 is 23.8 Å². The van der Waals surface area contributed by atoms with Gasteiger partial charge in [-0.1, -0.05) is 51.1 Å². The molecule has 0 aliphatic heterocycles. The lowest BCUT2D eigenvalue weighted by molar-refractivity contribution is 0.0416. The second kappa shape index (κ2) is 9.38. The summed E-state index contributed by atoms with van der Waals surface area (Å²) in [7, 11) is 0. The standard InChI is InChI=1S/C21H36N2O3/c1-15(20(2,3)4)22-14-18(24)17(13-16-11-9-8-10-12-16)23-19(25)26-21(5,6)7/h8-12,15,17-18,22,24H,13-14H2,1-7H3,(H,23,25)/t15-,17-,18-/m0/s1. The van der Waals surface area contributed by atoms with Gasteiger partial charge in [-0.15, -0.1) is 0 Å². The van der Waals surface area contributed by atoms with Gasteiger partial charge in [0.1, 0.15) is 5.60 Å². The maximum absolute atomic E-state index is 12.2. The zero-order valence-electron chi connectivity index (χ0n) is 17.3. The molecule has 1 aromatic rings. The number of carbonyl (C=O) groups is 1. The van der Waals surface area contributed by atoms with Crippen LogP contribution in [0, 0.1) is 5.41 Å². The van der Waals surface area contributed by atoms with Gasteiger partial charge in [-0.05, 0) is 45.1 Å². The van der Waals surface area contributed by atoms with Crippen molar-refractivity contribution in [1.29, 1.82) is 0 Å². The summed E-state index contributed by atoms with van der Waals surface area (Å²) in [5.74, 6) is 0. The van der Waals surface area contributed by atoms with E-state index >= 15 is 0 Å². The Bertz CT molecular complexity index is 547. The Kier molecular flexibility index (Phi) is 8.10. The van der Waals surface area contributed by atoms with E-state index in [1.54, 1.807) is 0 Å². The summed E-state index contributed by atoms with van der Waals surface area (Å²) in [5, 5.41) is 16.9. The molecule has 0 spiro atoms. The molecule has 5 heteroatoms. The zero-order valence-corrected chi connectivity index (χ0v) is 17.3. The van der Waals surface area contributed by atoms with Gasteiger partial charge in [0.05, 0.1) is 12.1 Å². The molecule has 148 valence electrons. The Morgan fingerprint density at radius 3 is 2.19 bits per heavy atom. The molecule has 5 nitrogen and oxygen atoms in total. The number of hydrogen-bond acceptors (Lipinski definition) is 4. The highest BCUT2D eigenvalue weighted by Crippen LogP contribution is 2.18. The van der Waals surface area contributed by atoms with Gasteiger partial charge in [0.2, 0.25) is 0 Å². The maximum atomic E-state index is 12.2. The van der Waals surface area contributed by atoms with Crippen molar-refractivity contribution in [3.8, 4) is 0 Å². The molecule has 3 atom stereocenters. The van der Waals surface area contributed by atoms with Crippen LogP contribution < -0.4 is 10.6 Å². The van der Waals surface area contributed by atoms with Gasteiger partial charge in [0, 0.05) is 12.6 Å². The Morgan fingerprint density at radius 2 is 1.69 bits per heavy atom. The second-order valence-corrected chi connectivity index (χ2v) is 9.01. The molecule has 0 aliphatic carbocycles. The van der Waals surface area contributed by atoms with Crippen LogP contribution in [-0.4, -0.2) is 41.5 Å². The van der Waals surface area contributed by atoms with E-state index in [9.17, 15) is 9.90 Å². The highest BCUT2D eigenvalue weighted by molar-refractivity contribution is 5.68. The summed E-state index contributed by atoms with van der Waals surface area (Å²) in [5.41, 5.74) is 0.565. The number of aliphatic hydroxyl groups is 1. The third-order valence-electron chi connectivity index (χ3n) is 4.40. The van der Waals surface area contributed by atoms with Gasteiger partial charge in [-0.25, -0.2) is 4.79 Å². The molecular formula is C21H36N2O3. The van der Waals surface area contributed by atoms with Crippen molar-refractivity contribution in [3.05, 3.63) is 35.9 Å². The lowest BCUT2D eigenvalue weighted by Gasteiger charge is -2.31. The summed E-state index contributed by atoms with van der Waals surface area (Å²) in [6, 6.07) is 9.62. The third-order valence-corrected chi connectivity index (χ3v) is 4.40. The number of alkyl carbamates (subject to hydrolysis) is 1. The first-order chi connectivity index (χ1) is 11.9. The molecule has 0 saturated heterocycles. The Morgan fingerprint density at radius 1 is 1.12 bits per heavy atom. The number of rotatable bonds is 7. The zero-order chi connectivity index (χ0) is 20.0. The Labute approximate surface area is 158 Å². The molecule has 1 rings (SSSR count). The van der Waals surface area contributed by atoms with Crippen molar-refractivity contribution >= 4 is 6.09 Å². The van der Waals surface area contributed by atoms with Gasteiger partial charge in [0.25, 0.3) is 0 Å². The molecule has 0 saturated carbocycles. The van der Waals surface area contributed by atoms with Crippen molar-refractivity contribution in [1.82, 2.24) is 10.6 Å². The minimum absolute atomic E-state index is 0.0905. The van der Waals surface area contributed by atoms with Gasteiger partial charge in [-0.3, -0.25) is 0 Å². The molecular weight excluding hydrogens is 328 g/mol. The van der Waals surface area contributed by atoms with E-state index in [2.05, 4.69) is 38.3 Å². The Balaban J connectivity index is 2.77. The minimum Gasteiger partial charge on any atom is -0.444 e. The topological polar surface area (TPSA) is 70.6 Å². The van der Waals surface area contributed by atoms with Crippen LogP contribution in [0.4, 0.5) is 4.79 Å². The van der Waals surface area contributed by atoms with E-state index in [0.29, 0.717) is 13.0 Å². The van der Waals surface area contributed by atoms with Crippen LogP contribution in [0.2, 0.25) is 0 Å². The van der Waals surface area contributed by atoms with E-state index in [1.807, 2.05) is 51.1 Å². The summed E-state index contributed by atoms with van der Waals surface area (Å²) in [6.45, 7) is 14.4. The fourth-order valence-electron chi connectivity index (χ4n) is 2.36. The average molecular weight is 365 g/mol. The first-order valence-electron chi connectivity index (χ1n) is 9.33. The van der Waals surface area contributed by atoms with Gasteiger partial charge < -0.3 is 20.5 Å². The SMILES string of the molecule is C[C@H](NC[C@H](O)[C@H](Cc1ccccc1)NC(=O)OC(C)(C)C)C(C)(C)C. The van der Waals surface area contributed by atoms with Crippen LogP contribution in [0.25, 0.3) is 0 Å². The molecule has 0 aliphatic rings. The van der Waals surface area contributed by atoms with Gasteiger partial charge >= 0.3 is 6.09 Å². The first kappa shape index (κ1) is 22.5. The molecule has 3 N–H and O–H groups in total. The molecule has 0 radical (unpaired) electrons. The average Bonchev–Trinajstić information content (AvgIpc) is 2.49. The fraction of sp³-hybridized carbons (Fsp3) is 0.667. The normalized spacial score (nSPS) is 15.8. The van der Waals surface area contributed by atoms with Crippen LogP contribution >= 0.6 is 0 Å². The summed E-state index contributed by atoms with van der Waals surface area (Å²) >= 11 is 0. The number of amides is 1. The van der Waals surface area contributed by atoms with Crippen molar-refractivity contribution in [2.45, 2.75) is 78.7 Å². The second-order valence-electron chi connectivity index (χ2n) is 9.01. The van der Waals surface area contributed by atoms with Crippen molar-refractivity contribution in [3.63, 3.8) is 0 Å². The molecule has 1 aromatic carbocycles. The van der Waals surface area contributed by atoms with Crippen LogP contribution in [-0.2, 0) is 11.2 Å². The molecule has 0 heterocycles. The quantitative estimate of drug-likeness (QED) is 0.692. The minimum atomic E-state index is -0.729. The molecule has 1 amide bonds. The van der Waals surface area contributed by atoms with Gasteiger partial charge in [0.15, 0.2) is 0 Å².